The molecule has 10 heteroatoms. The molecule has 0 aromatic carbocycles. The average molecular weight is 415 g/mol. The minimum atomic E-state index is -4.42. The van der Waals surface area contributed by atoms with E-state index in [-0.39, 0.29) is 29.8 Å². The second-order valence-corrected chi connectivity index (χ2v) is 7.54. The van der Waals surface area contributed by atoms with Gasteiger partial charge in [0.2, 0.25) is 5.88 Å². The lowest BCUT2D eigenvalue weighted by Gasteiger charge is -2.28. The largest absolute Gasteiger partial charge is 0.673 e. The van der Waals surface area contributed by atoms with Crippen molar-refractivity contribution in [1.82, 2.24) is 9.88 Å². The molecule has 7 nitrogen and oxygen atoms in total. The van der Waals surface area contributed by atoms with Crippen LogP contribution in [0, 0.1) is 6.92 Å². The second kappa shape index (κ2) is 9.73. The Bertz CT molecular complexity index is 765. The number of aliphatic carboxylic acids is 1. The van der Waals surface area contributed by atoms with Gasteiger partial charge in [-0.3, -0.25) is 4.99 Å². The van der Waals surface area contributed by atoms with Crippen molar-refractivity contribution >= 4 is 11.7 Å². The summed E-state index contributed by atoms with van der Waals surface area (Å²) >= 11 is 0. The highest BCUT2D eigenvalue weighted by Crippen LogP contribution is 2.26. The molecule has 0 amide bonds. The van der Waals surface area contributed by atoms with E-state index in [1.165, 1.54) is 12.3 Å². The number of carboxylic acids is 1. The SMILES string of the molecule is CC(C)(C)[NH-].Cc1cc(C(C)N2C=CC(C(=O)O)=NC2)cnc1OCC(F)(F)F. The fourth-order valence-electron chi connectivity index (χ4n) is 2.12. The van der Waals surface area contributed by atoms with E-state index in [1.807, 2.05) is 27.7 Å². The molecule has 0 saturated carbocycles. The van der Waals surface area contributed by atoms with E-state index in [4.69, 9.17) is 10.8 Å². The topological polar surface area (TPSA) is 98.8 Å². The summed E-state index contributed by atoms with van der Waals surface area (Å²) in [5, 5.41) is 8.85. The molecule has 162 valence electrons. The molecular formula is C19H26F3N4O3-. The Balaban J connectivity index is 0.000000749. The fourth-order valence-corrected chi connectivity index (χ4v) is 2.12. The Kier molecular flexibility index (Phi) is 8.19. The number of nitrogens with one attached hydrogen (secondary N) is 1. The van der Waals surface area contributed by atoms with Crippen LogP contribution in [0.5, 0.6) is 5.88 Å². The monoisotopic (exact) mass is 415 g/mol. The van der Waals surface area contributed by atoms with E-state index in [1.54, 1.807) is 24.1 Å². The number of hydrogen-bond donors (Lipinski definition) is 1. The number of pyridine rings is 1. The number of carbonyl (C=O) groups is 1. The van der Waals surface area contributed by atoms with Gasteiger partial charge in [-0.05, 0) is 31.6 Å². The number of halogens is 3. The van der Waals surface area contributed by atoms with Gasteiger partial charge < -0.3 is 20.5 Å². The second-order valence-electron chi connectivity index (χ2n) is 7.54. The van der Waals surface area contributed by atoms with Crippen LogP contribution in [-0.2, 0) is 4.79 Å². The third-order valence-electron chi connectivity index (χ3n) is 3.45. The third-order valence-corrected chi connectivity index (χ3v) is 3.45. The molecular weight excluding hydrogens is 389 g/mol. The molecule has 29 heavy (non-hydrogen) atoms. The highest BCUT2D eigenvalue weighted by molar-refractivity contribution is 6.40. The maximum atomic E-state index is 12.2. The summed E-state index contributed by atoms with van der Waals surface area (Å²) in [6.45, 7) is 7.81. The lowest BCUT2D eigenvalue weighted by Crippen LogP contribution is -2.27. The van der Waals surface area contributed by atoms with E-state index in [9.17, 15) is 18.0 Å². The van der Waals surface area contributed by atoms with Gasteiger partial charge in [0.25, 0.3) is 0 Å². The molecule has 1 atom stereocenters. The van der Waals surface area contributed by atoms with Crippen molar-refractivity contribution < 1.29 is 27.8 Å². The van der Waals surface area contributed by atoms with Gasteiger partial charge in [0.15, 0.2) is 6.61 Å². The predicted octanol–water partition coefficient (Wildman–Crippen LogP) is 4.54. The van der Waals surface area contributed by atoms with Crippen LogP contribution >= 0.6 is 0 Å². The summed E-state index contributed by atoms with van der Waals surface area (Å²) in [6, 6.07) is 1.51. The molecule has 1 aliphatic rings. The van der Waals surface area contributed by atoms with Gasteiger partial charge >= 0.3 is 12.1 Å². The van der Waals surface area contributed by atoms with Crippen LogP contribution in [0.3, 0.4) is 0 Å². The van der Waals surface area contributed by atoms with Crippen LogP contribution in [0.4, 0.5) is 13.2 Å². The lowest BCUT2D eigenvalue weighted by atomic mass is 10.1. The van der Waals surface area contributed by atoms with E-state index in [0.717, 1.165) is 5.56 Å². The first-order chi connectivity index (χ1) is 13.2. The van der Waals surface area contributed by atoms with Gasteiger partial charge in [-0.2, -0.15) is 13.2 Å². The molecule has 1 aromatic heterocycles. The molecule has 2 heterocycles. The van der Waals surface area contributed by atoms with Crippen LogP contribution in [0.1, 0.15) is 44.9 Å². The standard InChI is InChI=1S/C15H16F3N3O3.C4H10N/c1-9-5-11(6-19-13(9)24-7-15(16,17)18)10(2)21-4-3-12(14(22)23)20-8-21;1-4(2,3)5/h3-6,10H,7-8H2,1-2H3,(H,22,23);5H,1-3H3/q;-1. The smallest absolute Gasteiger partial charge is 0.422 e. The molecule has 1 aliphatic heterocycles. The molecule has 0 saturated heterocycles. The summed E-state index contributed by atoms with van der Waals surface area (Å²) < 4.78 is 41.2. The zero-order valence-corrected chi connectivity index (χ0v) is 17.0. The Labute approximate surface area is 168 Å². The number of aromatic nitrogens is 1. The lowest BCUT2D eigenvalue weighted by molar-refractivity contribution is -0.154. The number of carboxylic acid groups (broad SMARTS) is 1. The molecule has 2 rings (SSSR count). The van der Waals surface area contributed by atoms with Crippen molar-refractivity contribution in [3.05, 3.63) is 41.4 Å². The quantitative estimate of drug-likeness (QED) is 0.761. The van der Waals surface area contributed by atoms with Gasteiger partial charge in [0, 0.05) is 18.0 Å². The number of alkyl halides is 3. The van der Waals surface area contributed by atoms with Gasteiger partial charge in [-0.1, -0.05) is 20.8 Å². The number of ether oxygens (including phenoxy) is 1. The van der Waals surface area contributed by atoms with Gasteiger partial charge in [0.1, 0.15) is 12.4 Å². The maximum absolute atomic E-state index is 12.2. The zero-order chi connectivity index (χ0) is 22.4. The summed E-state index contributed by atoms with van der Waals surface area (Å²) in [7, 11) is 0. The van der Waals surface area contributed by atoms with Gasteiger partial charge in [-0.25, -0.2) is 9.78 Å². The van der Waals surface area contributed by atoms with Crippen molar-refractivity contribution in [3.63, 3.8) is 0 Å². The van der Waals surface area contributed by atoms with E-state index < -0.39 is 18.8 Å². The summed E-state index contributed by atoms with van der Waals surface area (Å²) in [6.07, 6.45) is 0.0279. The van der Waals surface area contributed by atoms with Crippen LogP contribution < -0.4 is 4.74 Å². The Morgan fingerprint density at radius 1 is 1.38 bits per heavy atom. The Morgan fingerprint density at radius 3 is 2.38 bits per heavy atom. The van der Waals surface area contributed by atoms with Crippen molar-refractivity contribution in [1.29, 1.82) is 0 Å². The maximum Gasteiger partial charge on any atom is 0.422 e. The minimum absolute atomic E-state index is 0.0244. The van der Waals surface area contributed by atoms with Gasteiger partial charge in [-0.15, -0.1) is 5.54 Å². The third kappa shape index (κ3) is 9.42. The van der Waals surface area contributed by atoms with Crippen molar-refractivity contribution in [2.75, 3.05) is 13.3 Å². The van der Waals surface area contributed by atoms with Crippen molar-refractivity contribution in [3.8, 4) is 5.88 Å². The molecule has 0 fully saturated rings. The number of aliphatic imine (C=N–C) groups is 1. The molecule has 1 aromatic rings. The first kappa shape index (κ1) is 24.4. The summed E-state index contributed by atoms with van der Waals surface area (Å²) in [5.41, 5.74) is 7.90. The summed E-state index contributed by atoms with van der Waals surface area (Å²) in [4.78, 5) is 20.5. The van der Waals surface area contributed by atoms with E-state index in [2.05, 4.69) is 14.7 Å². The number of aryl methyl sites for hydroxylation is 1. The van der Waals surface area contributed by atoms with E-state index in [0.29, 0.717) is 5.56 Å². The number of nitrogens with zero attached hydrogens (tertiary/aromatic N) is 3. The van der Waals surface area contributed by atoms with Crippen LogP contribution in [0.25, 0.3) is 5.73 Å². The van der Waals surface area contributed by atoms with Crippen molar-refractivity contribution in [2.45, 2.75) is 52.4 Å². The molecule has 1 unspecified atom stereocenters. The molecule has 0 bridgehead atoms. The highest BCUT2D eigenvalue weighted by atomic mass is 19.4. The number of hydrogen-bond acceptors (Lipinski definition) is 5. The Hall–Kier alpha value is -2.62. The zero-order valence-electron chi connectivity index (χ0n) is 17.0. The predicted molar refractivity (Wildman–Crippen MR) is 104 cm³/mol. The first-order valence-corrected chi connectivity index (χ1v) is 8.80. The van der Waals surface area contributed by atoms with Gasteiger partial charge in [0.05, 0.1) is 6.04 Å². The fraction of sp³-hybridized carbons (Fsp3) is 0.526. The van der Waals surface area contributed by atoms with Crippen LogP contribution in [-0.4, -0.2) is 51.7 Å². The van der Waals surface area contributed by atoms with E-state index >= 15 is 0 Å². The average Bonchev–Trinajstić information content (AvgIpc) is 2.58. The minimum Gasteiger partial charge on any atom is -0.673 e. The highest BCUT2D eigenvalue weighted by Gasteiger charge is 2.29. The summed E-state index contributed by atoms with van der Waals surface area (Å²) in [5.74, 6) is -1.16. The molecule has 0 spiro atoms. The van der Waals surface area contributed by atoms with Crippen molar-refractivity contribution in [2.24, 2.45) is 4.99 Å². The molecule has 2 N–H and O–H groups in total. The molecule has 0 aliphatic carbocycles. The Morgan fingerprint density at radius 2 is 1.97 bits per heavy atom. The van der Waals surface area contributed by atoms with Crippen LogP contribution in [0.2, 0.25) is 0 Å². The van der Waals surface area contributed by atoms with Crippen LogP contribution in [0.15, 0.2) is 29.5 Å². The first-order valence-electron chi connectivity index (χ1n) is 8.80. The molecule has 0 radical (unpaired) electrons. The number of rotatable bonds is 5. The normalized spacial score (nSPS) is 15.2.